The summed E-state index contributed by atoms with van der Waals surface area (Å²) in [5.74, 6) is 6.75. The van der Waals surface area contributed by atoms with Crippen LogP contribution in [-0.4, -0.2) is 37.2 Å². The average Bonchev–Trinajstić information content (AvgIpc) is 2.84. The van der Waals surface area contributed by atoms with Gasteiger partial charge in [0, 0.05) is 18.2 Å². The monoisotopic (exact) mass is 258 g/mol. The first-order valence-corrected chi connectivity index (χ1v) is 6.95. The molecule has 1 atom stereocenters. The second-order valence-electron chi connectivity index (χ2n) is 4.91. The van der Waals surface area contributed by atoms with Crippen molar-refractivity contribution >= 4 is 0 Å². The third kappa shape index (κ3) is 4.27. The van der Waals surface area contributed by atoms with Gasteiger partial charge in [0.1, 0.15) is 12.4 Å². The Morgan fingerprint density at radius 2 is 2.16 bits per heavy atom. The SMILES string of the molecule is CC1CCCN1CCOc1ccc(C#CCN)cc1. The summed E-state index contributed by atoms with van der Waals surface area (Å²) in [5.41, 5.74) is 6.32. The summed E-state index contributed by atoms with van der Waals surface area (Å²) in [6, 6.07) is 8.58. The van der Waals surface area contributed by atoms with Crippen LogP contribution in [0.25, 0.3) is 0 Å². The Bertz CT molecular complexity index is 444. The molecule has 1 aromatic rings. The van der Waals surface area contributed by atoms with Gasteiger partial charge in [0.25, 0.3) is 0 Å². The second kappa shape index (κ2) is 7.18. The molecule has 1 fully saturated rings. The van der Waals surface area contributed by atoms with E-state index >= 15 is 0 Å². The van der Waals surface area contributed by atoms with Gasteiger partial charge in [0.2, 0.25) is 0 Å². The lowest BCUT2D eigenvalue weighted by molar-refractivity contribution is 0.204. The highest BCUT2D eigenvalue weighted by molar-refractivity contribution is 5.38. The fraction of sp³-hybridized carbons (Fsp3) is 0.500. The number of benzene rings is 1. The highest BCUT2D eigenvalue weighted by Crippen LogP contribution is 2.16. The lowest BCUT2D eigenvalue weighted by Gasteiger charge is -2.20. The van der Waals surface area contributed by atoms with E-state index in [1.54, 1.807) is 0 Å². The minimum atomic E-state index is 0.395. The van der Waals surface area contributed by atoms with Gasteiger partial charge in [-0.2, -0.15) is 0 Å². The molecular weight excluding hydrogens is 236 g/mol. The van der Waals surface area contributed by atoms with E-state index in [1.165, 1.54) is 19.4 Å². The van der Waals surface area contributed by atoms with Gasteiger partial charge in [-0.1, -0.05) is 11.8 Å². The van der Waals surface area contributed by atoms with Crippen molar-refractivity contribution in [3.63, 3.8) is 0 Å². The van der Waals surface area contributed by atoms with Crippen LogP contribution in [0.4, 0.5) is 0 Å². The van der Waals surface area contributed by atoms with E-state index in [4.69, 9.17) is 10.5 Å². The number of hydrogen-bond acceptors (Lipinski definition) is 3. The normalized spacial score (nSPS) is 18.9. The molecule has 1 aliphatic heterocycles. The van der Waals surface area contributed by atoms with E-state index in [-0.39, 0.29) is 0 Å². The average molecular weight is 258 g/mol. The van der Waals surface area contributed by atoms with E-state index in [0.29, 0.717) is 12.6 Å². The summed E-state index contributed by atoms with van der Waals surface area (Å²) in [6.07, 6.45) is 2.63. The van der Waals surface area contributed by atoms with Crippen molar-refractivity contribution in [2.45, 2.75) is 25.8 Å². The van der Waals surface area contributed by atoms with Gasteiger partial charge in [-0.15, -0.1) is 0 Å². The first kappa shape index (κ1) is 13.9. The maximum atomic E-state index is 5.76. The molecule has 0 aromatic heterocycles. The minimum Gasteiger partial charge on any atom is -0.492 e. The molecule has 0 aliphatic carbocycles. The molecule has 2 N–H and O–H groups in total. The van der Waals surface area contributed by atoms with Crippen molar-refractivity contribution in [3.8, 4) is 17.6 Å². The topological polar surface area (TPSA) is 38.5 Å². The van der Waals surface area contributed by atoms with Gasteiger partial charge in [-0.05, 0) is 50.6 Å². The largest absolute Gasteiger partial charge is 0.492 e. The number of hydrogen-bond donors (Lipinski definition) is 1. The molecule has 0 bridgehead atoms. The van der Waals surface area contributed by atoms with Gasteiger partial charge >= 0.3 is 0 Å². The molecule has 0 radical (unpaired) electrons. The second-order valence-corrected chi connectivity index (χ2v) is 4.91. The standard InChI is InChI=1S/C16H22N2O/c1-14-4-3-11-18(14)12-13-19-16-8-6-15(7-9-16)5-2-10-17/h6-9,14H,3-4,10-13,17H2,1H3. The number of rotatable bonds is 4. The van der Waals surface area contributed by atoms with Gasteiger partial charge < -0.3 is 10.5 Å². The number of ether oxygens (including phenoxy) is 1. The first-order valence-electron chi connectivity index (χ1n) is 6.95. The third-order valence-corrected chi connectivity index (χ3v) is 3.53. The maximum absolute atomic E-state index is 5.76. The molecule has 2 rings (SSSR count). The first-order chi connectivity index (χ1) is 9.29. The molecular formula is C16H22N2O. The Morgan fingerprint density at radius 3 is 2.79 bits per heavy atom. The molecule has 1 heterocycles. The lowest BCUT2D eigenvalue weighted by Crippen LogP contribution is -2.31. The van der Waals surface area contributed by atoms with Crippen LogP contribution in [0.15, 0.2) is 24.3 Å². The smallest absolute Gasteiger partial charge is 0.119 e. The fourth-order valence-electron chi connectivity index (χ4n) is 2.39. The zero-order valence-electron chi connectivity index (χ0n) is 11.6. The van der Waals surface area contributed by atoms with Gasteiger partial charge in [-0.3, -0.25) is 4.90 Å². The van der Waals surface area contributed by atoms with Crippen molar-refractivity contribution < 1.29 is 4.74 Å². The molecule has 102 valence electrons. The number of nitrogens with two attached hydrogens (primary N) is 1. The third-order valence-electron chi connectivity index (χ3n) is 3.53. The molecule has 1 aromatic carbocycles. The Labute approximate surface area is 115 Å². The van der Waals surface area contributed by atoms with Gasteiger partial charge in [0.05, 0.1) is 6.54 Å². The van der Waals surface area contributed by atoms with Gasteiger partial charge in [-0.25, -0.2) is 0 Å². The highest BCUT2D eigenvalue weighted by atomic mass is 16.5. The van der Waals surface area contributed by atoms with E-state index < -0.39 is 0 Å². The molecule has 1 unspecified atom stereocenters. The molecule has 1 saturated heterocycles. The van der Waals surface area contributed by atoms with Crippen LogP contribution in [0.5, 0.6) is 5.75 Å². The van der Waals surface area contributed by atoms with Crippen molar-refractivity contribution in [2.24, 2.45) is 5.73 Å². The zero-order valence-corrected chi connectivity index (χ0v) is 11.6. The number of nitrogens with zero attached hydrogens (tertiary/aromatic N) is 1. The lowest BCUT2D eigenvalue weighted by atomic mass is 10.2. The van der Waals surface area contributed by atoms with E-state index in [1.807, 2.05) is 24.3 Å². The summed E-state index contributed by atoms with van der Waals surface area (Å²) in [6.45, 7) is 5.65. The van der Waals surface area contributed by atoms with Crippen molar-refractivity contribution in [3.05, 3.63) is 29.8 Å². The van der Waals surface area contributed by atoms with Crippen molar-refractivity contribution in [2.75, 3.05) is 26.2 Å². The molecule has 0 spiro atoms. The minimum absolute atomic E-state index is 0.395. The van der Waals surface area contributed by atoms with Crippen LogP contribution in [0.1, 0.15) is 25.3 Å². The van der Waals surface area contributed by atoms with Crippen molar-refractivity contribution in [1.29, 1.82) is 0 Å². The maximum Gasteiger partial charge on any atom is 0.119 e. The van der Waals surface area contributed by atoms with Crippen LogP contribution in [0.3, 0.4) is 0 Å². The van der Waals surface area contributed by atoms with E-state index in [9.17, 15) is 0 Å². The molecule has 19 heavy (non-hydrogen) atoms. The molecule has 1 aliphatic rings. The number of likely N-dealkylation sites (tertiary alicyclic amines) is 1. The van der Waals surface area contributed by atoms with Crippen molar-refractivity contribution in [1.82, 2.24) is 4.90 Å². The molecule has 0 amide bonds. The summed E-state index contributed by atoms with van der Waals surface area (Å²) >= 11 is 0. The molecule has 3 nitrogen and oxygen atoms in total. The van der Waals surface area contributed by atoms with E-state index in [0.717, 1.165) is 24.5 Å². The van der Waals surface area contributed by atoms with Crippen LogP contribution < -0.4 is 10.5 Å². The molecule has 3 heteroatoms. The Kier molecular flexibility index (Phi) is 5.26. The van der Waals surface area contributed by atoms with E-state index in [2.05, 4.69) is 23.7 Å². The summed E-state index contributed by atoms with van der Waals surface area (Å²) in [5, 5.41) is 0. The Morgan fingerprint density at radius 1 is 1.37 bits per heavy atom. The summed E-state index contributed by atoms with van der Waals surface area (Å²) < 4.78 is 5.76. The Hall–Kier alpha value is -1.50. The summed E-state index contributed by atoms with van der Waals surface area (Å²) in [7, 11) is 0. The fourth-order valence-corrected chi connectivity index (χ4v) is 2.39. The van der Waals surface area contributed by atoms with Crippen LogP contribution >= 0.6 is 0 Å². The predicted octanol–water partition coefficient (Wildman–Crippen LogP) is 1.86. The Balaban J connectivity index is 1.76. The molecule has 0 saturated carbocycles. The van der Waals surface area contributed by atoms with Gasteiger partial charge in [0.15, 0.2) is 0 Å². The predicted molar refractivity (Wildman–Crippen MR) is 78.1 cm³/mol. The van der Waals surface area contributed by atoms with Crippen LogP contribution in [0, 0.1) is 11.8 Å². The summed E-state index contributed by atoms with van der Waals surface area (Å²) in [4.78, 5) is 2.49. The zero-order chi connectivity index (χ0) is 13.5. The highest BCUT2D eigenvalue weighted by Gasteiger charge is 2.19. The van der Waals surface area contributed by atoms with Crippen LogP contribution in [-0.2, 0) is 0 Å². The van der Waals surface area contributed by atoms with Crippen LogP contribution in [0.2, 0.25) is 0 Å². The quantitative estimate of drug-likeness (QED) is 0.838.